The Balaban J connectivity index is 0.000000318. The van der Waals surface area contributed by atoms with Crippen molar-refractivity contribution in [1.29, 1.82) is 0 Å². The highest BCUT2D eigenvalue weighted by Crippen LogP contribution is 2.12. The molecule has 4 heteroatoms. The van der Waals surface area contributed by atoms with Crippen LogP contribution in [0.4, 0.5) is 0 Å². The molecule has 0 bridgehead atoms. The van der Waals surface area contributed by atoms with Gasteiger partial charge in [0.2, 0.25) is 0 Å². The molecule has 0 amide bonds. The van der Waals surface area contributed by atoms with Crippen LogP contribution < -0.4 is 0 Å². The zero-order valence-electron chi connectivity index (χ0n) is 10.9. The first-order valence-electron chi connectivity index (χ1n) is 6.44. The summed E-state index contributed by atoms with van der Waals surface area (Å²) in [4.78, 5) is 21.0. The molecule has 0 radical (unpaired) electrons. The number of carbonyl (C=O) groups is 2. The molecule has 1 unspecified atom stereocenters. The maximum atomic E-state index is 10.5. The van der Waals surface area contributed by atoms with Crippen molar-refractivity contribution in [2.24, 2.45) is 0 Å². The fraction of sp³-hybridized carbons (Fsp3) is 0.846. The topological polar surface area (TPSA) is 63.6 Å². The third-order valence-electron chi connectivity index (χ3n) is 2.49. The molecule has 17 heavy (non-hydrogen) atoms. The molecule has 0 aromatic heterocycles. The third kappa shape index (κ3) is 10.00. The molecule has 0 spiro atoms. The normalized spacial score (nSPS) is 16.8. The van der Waals surface area contributed by atoms with Crippen LogP contribution in [0.15, 0.2) is 0 Å². The molecule has 1 N–H and O–H groups in total. The minimum Gasteiger partial charge on any atom is -0.464 e. The summed E-state index contributed by atoms with van der Waals surface area (Å²) in [6, 6.07) is 0. The zero-order chi connectivity index (χ0) is 13.1. The predicted molar refractivity (Wildman–Crippen MR) is 65.6 cm³/mol. The molecular weight excluding hydrogens is 220 g/mol. The molecule has 0 aliphatic heterocycles. The predicted octanol–water partition coefficient (Wildman–Crippen LogP) is 2.23. The van der Waals surface area contributed by atoms with Crippen LogP contribution in [-0.2, 0) is 14.3 Å². The molecule has 1 aliphatic rings. The van der Waals surface area contributed by atoms with Crippen molar-refractivity contribution < 1.29 is 19.4 Å². The summed E-state index contributed by atoms with van der Waals surface area (Å²) in [6.07, 6.45) is 6.10. The van der Waals surface area contributed by atoms with Crippen molar-refractivity contribution in [3.63, 3.8) is 0 Å². The Morgan fingerprint density at radius 1 is 1.35 bits per heavy atom. The second-order valence-corrected chi connectivity index (χ2v) is 4.30. The molecule has 4 nitrogen and oxygen atoms in total. The number of unbranched alkanes of at least 4 members (excludes halogenated alkanes) is 1. The lowest BCUT2D eigenvalue weighted by molar-refractivity contribution is -0.152. The lowest BCUT2D eigenvalue weighted by Gasteiger charge is -2.05. The van der Waals surface area contributed by atoms with E-state index in [9.17, 15) is 9.59 Å². The number of hydrogen-bond donors (Lipinski definition) is 1. The monoisotopic (exact) mass is 244 g/mol. The maximum absolute atomic E-state index is 10.5. The minimum absolute atomic E-state index is 0.417. The first-order valence-corrected chi connectivity index (χ1v) is 6.44. The summed E-state index contributed by atoms with van der Waals surface area (Å²) in [5.74, 6) is -0.0697. The third-order valence-corrected chi connectivity index (χ3v) is 2.49. The minimum atomic E-state index is -0.989. The molecule has 0 aromatic carbocycles. The summed E-state index contributed by atoms with van der Waals surface area (Å²) in [5.41, 5.74) is 0. The van der Waals surface area contributed by atoms with E-state index < -0.39 is 12.1 Å². The summed E-state index contributed by atoms with van der Waals surface area (Å²) in [6.45, 7) is 3.82. The van der Waals surface area contributed by atoms with Gasteiger partial charge in [-0.15, -0.1) is 0 Å². The van der Waals surface area contributed by atoms with E-state index in [2.05, 4.69) is 4.74 Å². The molecule has 1 saturated carbocycles. The lowest BCUT2D eigenvalue weighted by Crippen LogP contribution is -2.19. The van der Waals surface area contributed by atoms with Gasteiger partial charge in [0.1, 0.15) is 11.9 Å². The zero-order valence-corrected chi connectivity index (χ0v) is 10.9. The van der Waals surface area contributed by atoms with Crippen molar-refractivity contribution in [3.8, 4) is 0 Å². The van der Waals surface area contributed by atoms with Gasteiger partial charge in [-0.1, -0.05) is 19.8 Å². The van der Waals surface area contributed by atoms with E-state index in [0.717, 1.165) is 38.5 Å². The number of ketones is 1. The Hall–Kier alpha value is -0.900. The summed E-state index contributed by atoms with van der Waals surface area (Å²) < 4.78 is 4.65. The molecule has 1 rings (SSSR count). The SMILES string of the molecule is CCCCOC(=O)C(C)O.O=C1CCCCC1. The van der Waals surface area contributed by atoms with Gasteiger partial charge in [0.05, 0.1) is 6.61 Å². The molecule has 1 aliphatic carbocycles. The molecule has 0 heterocycles. The fourth-order valence-electron chi connectivity index (χ4n) is 1.38. The number of carbonyl (C=O) groups excluding carboxylic acids is 2. The van der Waals surface area contributed by atoms with E-state index in [4.69, 9.17) is 5.11 Å². The molecule has 1 fully saturated rings. The lowest BCUT2D eigenvalue weighted by atomic mass is 10.00. The quantitative estimate of drug-likeness (QED) is 0.608. The molecule has 100 valence electrons. The largest absolute Gasteiger partial charge is 0.464 e. The van der Waals surface area contributed by atoms with Crippen LogP contribution in [-0.4, -0.2) is 29.6 Å². The van der Waals surface area contributed by atoms with Gasteiger partial charge >= 0.3 is 5.97 Å². The van der Waals surface area contributed by atoms with Crippen LogP contribution >= 0.6 is 0 Å². The van der Waals surface area contributed by atoms with Gasteiger partial charge in [-0.3, -0.25) is 4.79 Å². The second kappa shape index (κ2) is 10.3. The van der Waals surface area contributed by atoms with Gasteiger partial charge in [0, 0.05) is 12.8 Å². The number of ether oxygens (including phenoxy) is 1. The van der Waals surface area contributed by atoms with Crippen molar-refractivity contribution in [2.75, 3.05) is 6.61 Å². The van der Waals surface area contributed by atoms with Gasteiger partial charge in [0.15, 0.2) is 0 Å². The van der Waals surface area contributed by atoms with Crippen molar-refractivity contribution in [2.45, 2.75) is 64.9 Å². The van der Waals surface area contributed by atoms with Crippen molar-refractivity contribution in [3.05, 3.63) is 0 Å². The van der Waals surface area contributed by atoms with E-state index in [-0.39, 0.29) is 0 Å². The Morgan fingerprint density at radius 2 is 1.94 bits per heavy atom. The van der Waals surface area contributed by atoms with Gasteiger partial charge in [-0.05, 0) is 26.2 Å². The van der Waals surface area contributed by atoms with E-state index in [0.29, 0.717) is 12.4 Å². The highest BCUT2D eigenvalue weighted by atomic mass is 16.5. The van der Waals surface area contributed by atoms with Crippen LogP contribution in [0.25, 0.3) is 0 Å². The summed E-state index contributed by atoms with van der Waals surface area (Å²) in [5, 5.41) is 8.65. The second-order valence-electron chi connectivity index (χ2n) is 4.30. The first kappa shape index (κ1) is 16.1. The Labute approximate surface area is 103 Å². The van der Waals surface area contributed by atoms with Crippen LogP contribution in [0.1, 0.15) is 58.8 Å². The number of rotatable bonds is 4. The molecule has 0 aromatic rings. The average Bonchev–Trinajstić information content (AvgIpc) is 2.31. The summed E-state index contributed by atoms with van der Waals surface area (Å²) in [7, 11) is 0. The Bertz CT molecular complexity index is 215. The van der Waals surface area contributed by atoms with Gasteiger partial charge < -0.3 is 9.84 Å². The number of esters is 1. The van der Waals surface area contributed by atoms with Crippen LogP contribution in [0, 0.1) is 0 Å². The first-order chi connectivity index (χ1) is 8.07. The van der Waals surface area contributed by atoms with E-state index in [1.807, 2.05) is 6.92 Å². The maximum Gasteiger partial charge on any atom is 0.334 e. The fourth-order valence-corrected chi connectivity index (χ4v) is 1.38. The smallest absolute Gasteiger partial charge is 0.334 e. The Morgan fingerprint density at radius 3 is 2.29 bits per heavy atom. The van der Waals surface area contributed by atoms with E-state index in [1.165, 1.54) is 13.3 Å². The van der Waals surface area contributed by atoms with Crippen LogP contribution in [0.5, 0.6) is 0 Å². The van der Waals surface area contributed by atoms with Crippen LogP contribution in [0.3, 0.4) is 0 Å². The number of aliphatic hydroxyl groups is 1. The molecular formula is C13H24O4. The standard InChI is InChI=1S/C7H14O3.C6H10O/c1-3-4-5-10-7(9)6(2)8;7-6-4-2-1-3-5-6/h6,8H,3-5H2,1-2H3;1-5H2. The van der Waals surface area contributed by atoms with E-state index in [1.54, 1.807) is 0 Å². The Kier molecular flexibility index (Phi) is 9.72. The van der Waals surface area contributed by atoms with Crippen LogP contribution in [0.2, 0.25) is 0 Å². The van der Waals surface area contributed by atoms with Crippen molar-refractivity contribution >= 4 is 11.8 Å². The number of aliphatic hydroxyl groups excluding tert-OH is 1. The number of Topliss-reactive ketones (excluding diaryl/α,β-unsaturated/α-hetero) is 1. The summed E-state index contributed by atoms with van der Waals surface area (Å²) >= 11 is 0. The van der Waals surface area contributed by atoms with Gasteiger partial charge in [0.25, 0.3) is 0 Å². The van der Waals surface area contributed by atoms with Gasteiger partial charge in [-0.25, -0.2) is 4.79 Å². The average molecular weight is 244 g/mol. The highest BCUT2D eigenvalue weighted by Gasteiger charge is 2.08. The molecule has 1 atom stereocenters. The molecule has 0 saturated heterocycles. The number of hydrogen-bond acceptors (Lipinski definition) is 4. The van der Waals surface area contributed by atoms with Crippen molar-refractivity contribution in [1.82, 2.24) is 0 Å². The highest BCUT2D eigenvalue weighted by molar-refractivity contribution is 5.78. The van der Waals surface area contributed by atoms with E-state index >= 15 is 0 Å². The van der Waals surface area contributed by atoms with Gasteiger partial charge in [-0.2, -0.15) is 0 Å².